The first-order valence-corrected chi connectivity index (χ1v) is 6.47. The van der Waals surface area contributed by atoms with Crippen molar-refractivity contribution in [1.82, 2.24) is 24.3 Å². The zero-order chi connectivity index (χ0) is 13.4. The third-order valence-electron chi connectivity index (χ3n) is 3.45. The Kier molecular flexibility index (Phi) is 2.51. The average Bonchev–Trinajstić information content (AvgIpc) is 3.06. The van der Waals surface area contributed by atoms with Crippen molar-refractivity contribution in [1.29, 1.82) is 0 Å². The van der Waals surface area contributed by atoms with Crippen molar-refractivity contribution in [3.63, 3.8) is 0 Å². The van der Waals surface area contributed by atoms with Crippen molar-refractivity contribution in [2.75, 3.05) is 0 Å². The molecule has 0 radical (unpaired) electrons. The van der Waals surface area contributed by atoms with Gasteiger partial charge in [0.1, 0.15) is 12.4 Å². The summed E-state index contributed by atoms with van der Waals surface area (Å²) >= 11 is 0. The minimum absolute atomic E-state index is 0.452. The highest BCUT2D eigenvalue weighted by molar-refractivity contribution is 5.34. The molecule has 1 aliphatic heterocycles. The molecular weight excluding hydrogens is 254 g/mol. The fraction of sp³-hybridized carbons (Fsp3) is 0.214. The van der Waals surface area contributed by atoms with Crippen LogP contribution in [0, 0.1) is 0 Å². The van der Waals surface area contributed by atoms with Crippen molar-refractivity contribution in [3.05, 3.63) is 60.2 Å². The number of rotatable bonds is 2. The number of fused-ring (bicyclic) bond motifs is 2. The van der Waals surface area contributed by atoms with Gasteiger partial charge in [0.05, 0.1) is 19.4 Å². The first kappa shape index (κ1) is 11.2. The summed E-state index contributed by atoms with van der Waals surface area (Å²) in [6.07, 6.45) is 5.46. The number of imidazole rings is 1. The zero-order valence-corrected chi connectivity index (χ0v) is 10.8. The molecule has 1 aromatic carbocycles. The van der Waals surface area contributed by atoms with E-state index < -0.39 is 0 Å². The Morgan fingerprint density at radius 1 is 1.20 bits per heavy atom. The summed E-state index contributed by atoms with van der Waals surface area (Å²) in [6.45, 7) is 1.85. The monoisotopic (exact) mass is 267 g/mol. The fourth-order valence-electron chi connectivity index (χ4n) is 2.41. The minimum atomic E-state index is 0.452. The van der Waals surface area contributed by atoms with E-state index in [0.29, 0.717) is 13.2 Å². The first-order chi connectivity index (χ1) is 9.90. The van der Waals surface area contributed by atoms with Gasteiger partial charge < -0.3 is 13.9 Å². The van der Waals surface area contributed by atoms with Crippen LogP contribution >= 0.6 is 0 Å². The normalized spacial score (nSPS) is 13.2. The number of para-hydroxylation sites is 1. The molecule has 0 atom stereocenters. The van der Waals surface area contributed by atoms with Crippen molar-refractivity contribution in [3.8, 4) is 5.75 Å². The Bertz CT molecular complexity index is 732. The van der Waals surface area contributed by atoms with Gasteiger partial charge in [0.25, 0.3) is 0 Å². The van der Waals surface area contributed by atoms with Gasteiger partial charge in [-0.05, 0) is 6.07 Å². The van der Waals surface area contributed by atoms with Crippen LogP contribution in [0.1, 0.15) is 17.2 Å². The zero-order valence-electron chi connectivity index (χ0n) is 10.8. The van der Waals surface area contributed by atoms with E-state index in [9.17, 15) is 0 Å². The van der Waals surface area contributed by atoms with Crippen LogP contribution in [0.5, 0.6) is 5.75 Å². The van der Waals surface area contributed by atoms with Crippen LogP contribution in [-0.2, 0) is 19.7 Å². The van der Waals surface area contributed by atoms with Crippen molar-refractivity contribution >= 4 is 0 Å². The molecule has 0 unspecified atom stereocenters. The van der Waals surface area contributed by atoms with E-state index in [4.69, 9.17) is 4.74 Å². The van der Waals surface area contributed by atoms with Crippen molar-refractivity contribution in [2.45, 2.75) is 19.7 Å². The molecule has 0 aliphatic carbocycles. The van der Waals surface area contributed by atoms with Gasteiger partial charge in [-0.1, -0.05) is 18.2 Å². The third kappa shape index (κ3) is 1.85. The predicted molar refractivity (Wildman–Crippen MR) is 71.2 cm³/mol. The highest BCUT2D eigenvalue weighted by Gasteiger charge is 2.18. The molecule has 20 heavy (non-hydrogen) atoms. The average molecular weight is 267 g/mol. The lowest BCUT2D eigenvalue weighted by molar-refractivity contribution is 0.297. The van der Waals surface area contributed by atoms with Gasteiger partial charge in [0.15, 0.2) is 11.6 Å². The van der Waals surface area contributed by atoms with E-state index >= 15 is 0 Å². The summed E-state index contributed by atoms with van der Waals surface area (Å²) < 4.78 is 9.88. The summed E-state index contributed by atoms with van der Waals surface area (Å²) in [5.41, 5.74) is 1.15. The molecule has 0 saturated carbocycles. The molecule has 2 aromatic heterocycles. The van der Waals surface area contributed by atoms with E-state index in [-0.39, 0.29) is 0 Å². The minimum Gasteiger partial charge on any atom is -0.485 e. The number of ether oxygens (including phenoxy) is 1. The highest BCUT2D eigenvalue weighted by Crippen LogP contribution is 2.24. The third-order valence-corrected chi connectivity index (χ3v) is 3.45. The summed E-state index contributed by atoms with van der Waals surface area (Å²) in [5.74, 6) is 2.70. The molecule has 0 spiro atoms. The second-order valence-corrected chi connectivity index (χ2v) is 4.75. The van der Waals surface area contributed by atoms with E-state index in [1.807, 2.05) is 29.0 Å². The lowest BCUT2D eigenvalue weighted by atomic mass is 10.2. The Labute approximate surface area is 115 Å². The molecule has 0 fully saturated rings. The van der Waals surface area contributed by atoms with E-state index in [2.05, 4.69) is 25.8 Å². The number of hydrogen-bond donors (Lipinski definition) is 0. The molecule has 6 nitrogen and oxygen atoms in total. The molecular formula is C14H13N5O. The van der Waals surface area contributed by atoms with Crippen LogP contribution in [0.4, 0.5) is 0 Å². The number of aromatic nitrogens is 5. The summed E-state index contributed by atoms with van der Waals surface area (Å²) in [6, 6.07) is 8.07. The predicted octanol–water partition coefficient (Wildman–Crippen LogP) is 1.46. The van der Waals surface area contributed by atoms with Crippen LogP contribution < -0.4 is 4.74 Å². The largest absolute Gasteiger partial charge is 0.485 e. The number of hydrogen-bond acceptors (Lipinski definition) is 4. The maximum Gasteiger partial charge on any atom is 0.171 e. The number of nitrogens with zero attached hydrogens (tertiary/aromatic N) is 5. The lowest BCUT2D eigenvalue weighted by Crippen LogP contribution is -2.10. The maximum atomic E-state index is 5.78. The molecule has 1 aliphatic rings. The van der Waals surface area contributed by atoms with E-state index in [0.717, 1.165) is 29.5 Å². The van der Waals surface area contributed by atoms with Crippen LogP contribution in [0.3, 0.4) is 0 Å². The van der Waals surface area contributed by atoms with Gasteiger partial charge in [-0.2, -0.15) is 0 Å². The smallest absolute Gasteiger partial charge is 0.171 e. The Hall–Kier alpha value is -2.63. The van der Waals surface area contributed by atoms with E-state index in [1.54, 1.807) is 12.5 Å². The molecule has 3 heterocycles. The molecule has 4 rings (SSSR count). The van der Waals surface area contributed by atoms with Crippen molar-refractivity contribution < 1.29 is 4.74 Å². The molecule has 100 valence electrons. The van der Waals surface area contributed by atoms with E-state index in [1.165, 1.54) is 0 Å². The Morgan fingerprint density at radius 2 is 2.15 bits per heavy atom. The molecule has 6 heteroatoms. The summed E-state index contributed by atoms with van der Waals surface area (Å²) in [7, 11) is 0. The van der Waals surface area contributed by atoms with Gasteiger partial charge in [0.2, 0.25) is 0 Å². The summed E-state index contributed by atoms with van der Waals surface area (Å²) in [5, 5.41) is 8.51. The highest BCUT2D eigenvalue weighted by atomic mass is 16.5. The standard InChI is InChI=1S/C14H13N5O/c1-2-4-12-11(3-1)7-19-13(8-18-6-5-15-10-18)16-17-14(19)9-20-12/h1-6,10H,7-9H2. The van der Waals surface area contributed by atoms with Gasteiger partial charge >= 0.3 is 0 Å². The first-order valence-electron chi connectivity index (χ1n) is 6.47. The lowest BCUT2D eigenvalue weighted by Gasteiger charge is -2.08. The molecule has 0 saturated heterocycles. The second kappa shape index (κ2) is 4.48. The molecule has 0 amide bonds. The molecule has 0 N–H and O–H groups in total. The Balaban J connectivity index is 1.72. The SMILES string of the molecule is c1ccc2c(c1)Cn1c(nnc1Cn1ccnc1)CO2. The quantitative estimate of drug-likeness (QED) is 0.705. The maximum absolute atomic E-state index is 5.78. The Morgan fingerprint density at radius 3 is 3.05 bits per heavy atom. The van der Waals surface area contributed by atoms with Gasteiger partial charge in [-0.3, -0.25) is 0 Å². The fourth-order valence-corrected chi connectivity index (χ4v) is 2.41. The van der Waals surface area contributed by atoms with Crippen LogP contribution in [-0.4, -0.2) is 24.3 Å². The molecule has 0 bridgehead atoms. The van der Waals surface area contributed by atoms with Gasteiger partial charge in [-0.25, -0.2) is 4.98 Å². The van der Waals surface area contributed by atoms with Gasteiger partial charge in [0, 0.05) is 18.0 Å². The molecule has 3 aromatic rings. The van der Waals surface area contributed by atoms with Crippen molar-refractivity contribution in [2.24, 2.45) is 0 Å². The summed E-state index contributed by atoms with van der Waals surface area (Å²) in [4.78, 5) is 4.05. The van der Waals surface area contributed by atoms with Gasteiger partial charge in [-0.15, -0.1) is 10.2 Å². The number of benzene rings is 1. The second-order valence-electron chi connectivity index (χ2n) is 4.75. The van der Waals surface area contributed by atoms with Crippen LogP contribution in [0.2, 0.25) is 0 Å². The van der Waals surface area contributed by atoms with Crippen LogP contribution in [0.15, 0.2) is 43.0 Å². The topological polar surface area (TPSA) is 57.8 Å². The van der Waals surface area contributed by atoms with Crippen LogP contribution in [0.25, 0.3) is 0 Å².